The molecule has 1 aliphatic heterocycles. The highest BCUT2D eigenvalue weighted by atomic mass is 32.2. The Bertz CT molecular complexity index is 839. The van der Waals surface area contributed by atoms with Crippen molar-refractivity contribution in [2.75, 3.05) is 37.0 Å². The minimum atomic E-state index is 0.245. The number of carbonyl (C=O) groups is 1. The highest BCUT2D eigenvalue weighted by Crippen LogP contribution is 2.35. The number of anilines is 1. The molecule has 2 aliphatic carbocycles. The van der Waals surface area contributed by atoms with Crippen LogP contribution in [-0.4, -0.2) is 69.7 Å². The standard InChI is InChI=1S/C21H29N5O3S/c27-19(26(17-7-8-17)16-4-1-2-5-16)15-30-21-23-22-20(24-9-12-28-13-10-24)25(21)14-18-6-3-11-29-18/h3,6,11,16-17H,1-2,4-5,7-10,12-15H2. The smallest absolute Gasteiger partial charge is 0.233 e. The second-order valence-electron chi connectivity index (χ2n) is 8.31. The third-order valence-corrected chi connectivity index (χ3v) is 7.11. The first-order chi connectivity index (χ1) is 14.8. The molecule has 8 nitrogen and oxygen atoms in total. The average molecular weight is 432 g/mol. The van der Waals surface area contributed by atoms with Crippen LogP contribution in [0.4, 0.5) is 5.95 Å². The maximum atomic E-state index is 13.1. The number of amides is 1. The van der Waals surface area contributed by atoms with Crippen molar-refractivity contribution >= 4 is 23.6 Å². The Kier molecular flexibility index (Phi) is 5.99. The summed E-state index contributed by atoms with van der Waals surface area (Å²) in [5.74, 6) is 2.32. The first kappa shape index (κ1) is 19.9. The molecule has 5 rings (SSSR count). The molecule has 9 heteroatoms. The van der Waals surface area contributed by atoms with Crippen molar-refractivity contribution < 1.29 is 13.9 Å². The number of thioether (sulfide) groups is 1. The average Bonchev–Trinajstić information content (AvgIpc) is 3.17. The molecule has 2 aromatic rings. The van der Waals surface area contributed by atoms with Gasteiger partial charge in [0.05, 0.1) is 31.8 Å². The van der Waals surface area contributed by atoms with E-state index in [0.29, 0.717) is 37.6 Å². The zero-order chi connectivity index (χ0) is 20.3. The minimum Gasteiger partial charge on any atom is -0.467 e. The maximum absolute atomic E-state index is 13.1. The Morgan fingerprint density at radius 2 is 1.90 bits per heavy atom. The van der Waals surface area contributed by atoms with Crippen LogP contribution in [0.3, 0.4) is 0 Å². The normalized spacial score (nSPS) is 20.1. The Morgan fingerprint density at radius 1 is 1.13 bits per heavy atom. The van der Waals surface area contributed by atoms with Crippen LogP contribution in [0.2, 0.25) is 0 Å². The fraction of sp³-hybridized carbons (Fsp3) is 0.667. The third-order valence-electron chi connectivity index (χ3n) is 6.16. The molecule has 0 unspecified atom stereocenters. The van der Waals surface area contributed by atoms with Crippen LogP contribution >= 0.6 is 11.8 Å². The number of hydrogen-bond donors (Lipinski definition) is 0. The van der Waals surface area contributed by atoms with Gasteiger partial charge in [-0.3, -0.25) is 9.36 Å². The third kappa shape index (κ3) is 4.37. The predicted molar refractivity (Wildman–Crippen MR) is 114 cm³/mol. The van der Waals surface area contributed by atoms with Crippen molar-refractivity contribution in [1.29, 1.82) is 0 Å². The number of ether oxygens (including phenoxy) is 1. The second-order valence-corrected chi connectivity index (χ2v) is 9.25. The Labute approximate surface area is 180 Å². The lowest BCUT2D eigenvalue weighted by Crippen LogP contribution is -2.41. The maximum Gasteiger partial charge on any atom is 0.233 e. The zero-order valence-corrected chi connectivity index (χ0v) is 18.1. The van der Waals surface area contributed by atoms with Crippen molar-refractivity contribution in [2.24, 2.45) is 0 Å². The van der Waals surface area contributed by atoms with Gasteiger partial charge in [0.25, 0.3) is 0 Å². The van der Waals surface area contributed by atoms with E-state index in [-0.39, 0.29) is 5.91 Å². The van der Waals surface area contributed by atoms with Gasteiger partial charge in [0, 0.05) is 25.2 Å². The van der Waals surface area contributed by atoms with Gasteiger partial charge >= 0.3 is 0 Å². The number of rotatable bonds is 8. The molecule has 0 aromatic carbocycles. The van der Waals surface area contributed by atoms with Crippen molar-refractivity contribution in [3.63, 3.8) is 0 Å². The fourth-order valence-electron chi connectivity index (χ4n) is 4.52. The molecule has 0 radical (unpaired) electrons. The lowest BCUT2D eigenvalue weighted by molar-refractivity contribution is -0.131. The molecule has 2 aromatic heterocycles. The molecule has 0 atom stereocenters. The SMILES string of the molecule is O=C(CSc1nnc(N2CCOCC2)n1Cc1ccco1)N(C1CCCC1)C1CC1. The fourth-order valence-corrected chi connectivity index (χ4v) is 5.33. The molecule has 162 valence electrons. The van der Waals surface area contributed by atoms with E-state index in [1.165, 1.54) is 24.6 Å². The van der Waals surface area contributed by atoms with E-state index < -0.39 is 0 Å². The summed E-state index contributed by atoms with van der Waals surface area (Å²) in [4.78, 5) is 17.5. The molecular weight excluding hydrogens is 402 g/mol. The Morgan fingerprint density at radius 3 is 2.60 bits per heavy atom. The molecule has 2 saturated carbocycles. The van der Waals surface area contributed by atoms with E-state index in [0.717, 1.165) is 55.6 Å². The number of furan rings is 1. The lowest BCUT2D eigenvalue weighted by atomic mass is 10.2. The van der Waals surface area contributed by atoms with Crippen molar-refractivity contribution in [3.05, 3.63) is 24.2 Å². The highest BCUT2D eigenvalue weighted by molar-refractivity contribution is 7.99. The molecule has 3 heterocycles. The molecular formula is C21H29N5O3S. The lowest BCUT2D eigenvalue weighted by Gasteiger charge is -2.29. The van der Waals surface area contributed by atoms with E-state index >= 15 is 0 Å². The first-order valence-electron chi connectivity index (χ1n) is 11.0. The molecule has 30 heavy (non-hydrogen) atoms. The number of hydrogen-bond acceptors (Lipinski definition) is 7. The molecule has 1 saturated heterocycles. The van der Waals surface area contributed by atoms with E-state index in [9.17, 15) is 4.79 Å². The molecule has 3 fully saturated rings. The zero-order valence-electron chi connectivity index (χ0n) is 17.2. The van der Waals surface area contributed by atoms with Gasteiger partial charge in [-0.15, -0.1) is 10.2 Å². The van der Waals surface area contributed by atoms with Gasteiger partial charge in [-0.1, -0.05) is 24.6 Å². The van der Waals surface area contributed by atoms with Gasteiger partial charge in [-0.05, 0) is 37.8 Å². The summed E-state index contributed by atoms with van der Waals surface area (Å²) < 4.78 is 13.1. The minimum absolute atomic E-state index is 0.245. The van der Waals surface area contributed by atoms with E-state index in [1.54, 1.807) is 6.26 Å². The van der Waals surface area contributed by atoms with Gasteiger partial charge in [0.2, 0.25) is 11.9 Å². The van der Waals surface area contributed by atoms with Crippen LogP contribution < -0.4 is 4.90 Å². The molecule has 0 bridgehead atoms. The summed E-state index contributed by atoms with van der Waals surface area (Å²) in [5, 5.41) is 9.67. The van der Waals surface area contributed by atoms with Crippen LogP contribution in [-0.2, 0) is 16.1 Å². The van der Waals surface area contributed by atoms with Crippen LogP contribution in [0.15, 0.2) is 28.0 Å². The topological polar surface area (TPSA) is 76.6 Å². The van der Waals surface area contributed by atoms with Gasteiger partial charge in [-0.25, -0.2) is 0 Å². The van der Waals surface area contributed by atoms with Gasteiger partial charge in [-0.2, -0.15) is 0 Å². The molecule has 1 amide bonds. The number of nitrogens with zero attached hydrogens (tertiary/aromatic N) is 5. The Balaban J connectivity index is 1.31. The summed E-state index contributed by atoms with van der Waals surface area (Å²) in [6.45, 7) is 3.50. The van der Waals surface area contributed by atoms with Crippen LogP contribution in [0.1, 0.15) is 44.3 Å². The quantitative estimate of drug-likeness (QED) is 0.595. The number of morpholine rings is 1. The van der Waals surface area contributed by atoms with Crippen molar-refractivity contribution in [3.8, 4) is 0 Å². The van der Waals surface area contributed by atoms with Crippen molar-refractivity contribution in [2.45, 2.75) is 62.3 Å². The number of aromatic nitrogens is 3. The monoisotopic (exact) mass is 431 g/mol. The van der Waals surface area contributed by atoms with Crippen molar-refractivity contribution in [1.82, 2.24) is 19.7 Å². The van der Waals surface area contributed by atoms with Gasteiger partial charge < -0.3 is 19.0 Å². The first-order valence-corrected chi connectivity index (χ1v) is 12.0. The molecule has 0 spiro atoms. The van der Waals surface area contributed by atoms with E-state index in [4.69, 9.17) is 9.15 Å². The van der Waals surface area contributed by atoms with Crippen LogP contribution in [0.5, 0.6) is 0 Å². The highest BCUT2D eigenvalue weighted by Gasteiger charge is 2.38. The summed E-state index contributed by atoms with van der Waals surface area (Å²) in [6, 6.07) is 4.75. The van der Waals surface area contributed by atoms with E-state index in [2.05, 4.69) is 24.6 Å². The summed E-state index contributed by atoms with van der Waals surface area (Å²) >= 11 is 1.49. The predicted octanol–water partition coefficient (Wildman–Crippen LogP) is 2.78. The second kappa shape index (κ2) is 9.01. The Hall–Kier alpha value is -2.00. The summed E-state index contributed by atoms with van der Waals surface area (Å²) in [6.07, 6.45) is 8.79. The van der Waals surface area contributed by atoms with Gasteiger partial charge in [0.1, 0.15) is 5.76 Å². The van der Waals surface area contributed by atoms with Crippen LogP contribution in [0.25, 0.3) is 0 Å². The summed E-state index contributed by atoms with van der Waals surface area (Å²) in [5.41, 5.74) is 0. The number of carbonyl (C=O) groups excluding carboxylic acids is 1. The van der Waals surface area contributed by atoms with Gasteiger partial charge in [0.15, 0.2) is 5.16 Å². The van der Waals surface area contributed by atoms with Crippen LogP contribution in [0, 0.1) is 0 Å². The molecule has 3 aliphatic rings. The van der Waals surface area contributed by atoms with E-state index in [1.807, 2.05) is 12.1 Å². The largest absolute Gasteiger partial charge is 0.467 e. The molecule has 0 N–H and O–H groups in total. The summed E-state index contributed by atoms with van der Waals surface area (Å²) in [7, 11) is 0.